The molecule has 0 aliphatic carbocycles. The quantitative estimate of drug-likeness (QED) is 0.789. The van der Waals surface area contributed by atoms with Crippen LogP contribution in [0.3, 0.4) is 0 Å². The second kappa shape index (κ2) is 5.13. The number of benzene rings is 1. The number of sulfonamides is 1. The third-order valence-electron chi connectivity index (χ3n) is 2.78. The van der Waals surface area contributed by atoms with Gasteiger partial charge in [0.1, 0.15) is 5.82 Å². The van der Waals surface area contributed by atoms with Gasteiger partial charge in [-0.05, 0) is 18.2 Å². The number of anilines is 1. The number of rotatable bonds is 2. The van der Waals surface area contributed by atoms with Crippen LogP contribution in [0.25, 0.3) is 0 Å². The lowest BCUT2D eigenvalue weighted by Gasteiger charge is -2.28. The molecule has 1 aliphatic heterocycles. The molecule has 1 aliphatic rings. The largest absolute Gasteiger partial charge is 0.396 e. The van der Waals surface area contributed by atoms with Crippen LogP contribution in [-0.2, 0) is 14.8 Å². The highest BCUT2D eigenvalue weighted by molar-refractivity contribution is 7.89. The molecule has 1 unspecified atom stereocenters. The molecular formula is C11H12FN3O3S. The normalized spacial score (nSPS) is 20.9. The van der Waals surface area contributed by atoms with Crippen LogP contribution in [0, 0.1) is 17.1 Å². The predicted molar refractivity (Wildman–Crippen MR) is 64.9 cm³/mol. The minimum absolute atomic E-state index is 0.0455. The smallest absolute Gasteiger partial charge is 0.243 e. The molecule has 19 heavy (non-hydrogen) atoms. The van der Waals surface area contributed by atoms with E-state index in [0.717, 1.165) is 22.5 Å². The fourth-order valence-corrected chi connectivity index (χ4v) is 3.21. The van der Waals surface area contributed by atoms with Crippen LogP contribution in [0.5, 0.6) is 0 Å². The lowest BCUT2D eigenvalue weighted by atomic mass is 10.3. The molecule has 0 bridgehead atoms. The lowest BCUT2D eigenvalue weighted by Crippen LogP contribution is -2.45. The molecule has 2 rings (SSSR count). The number of ether oxygens (including phenoxy) is 1. The Morgan fingerprint density at radius 2 is 2.26 bits per heavy atom. The van der Waals surface area contributed by atoms with Gasteiger partial charge in [0.2, 0.25) is 10.0 Å². The number of nitriles is 1. The van der Waals surface area contributed by atoms with Crippen LogP contribution < -0.4 is 5.73 Å². The first-order chi connectivity index (χ1) is 8.95. The van der Waals surface area contributed by atoms with Gasteiger partial charge in [-0.1, -0.05) is 0 Å². The van der Waals surface area contributed by atoms with Gasteiger partial charge in [-0.3, -0.25) is 0 Å². The summed E-state index contributed by atoms with van der Waals surface area (Å²) in [5.74, 6) is -0.671. The zero-order valence-corrected chi connectivity index (χ0v) is 10.7. The van der Waals surface area contributed by atoms with Gasteiger partial charge in [0.05, 0.1) is 29.8 Å². The first-order valence-corrected chi connectivity index (χ1v) is 6.95. The Labute approximate surface area is 110 Å². The number of nitrogens with zero attached hydrogens (tertiary/aromatic N) is 2. The van der Waals surface area contributed by atoms with Gasteiger partial charge in [-0.2, -0.15) is 9.57 Å². The zero-order chi connectivity index (χ0) is 14.0. The van der Waals surface area contributed by atoms with Crippen molar-refractivity contribution in [2.24, 2.45) is 0 Å². The highest BCUT2D eigenvalue weighted by Gasteiger charge is 2.31. The molecule has 2 N–H and O–H groups in total. The topological polar surface area (TPSA) is 96.4 Å². The van der Waals surface area contributed by atoms with Crippen LogP contribution in [0.1, 0.15) is 0 Å². The Morgan fingerprint density at radius 1 is 1.53 bits per heavy atom. The van der Waals surface area contributed by atoms with Crippen molar-refractivity contribution in [1.82, 2.24) is 4.31 Å². The molecule has 0 aromatic heterocycles. The third-order valence-corrected chi connectivity index (χ3v) is 4.64. The molecule has 1 fully saturated rings. The molecule has 1 saturated heterocycles. The SMILES string of the molecule is N#CC1CN(S(=O)(=O)c2ccc(F)c(N)c2)CCO1. The first kappa shape index (κ1) is 13.7. The number of hydrogen-bond acceptors (Lipinski definition) is 5. The molecule has 1 atom stereocenters. The molecule has 0 radical (unpaired) electrons. The van der Waals surface area contributed by atoms with E-state index in [1.165, 1.54) is 0 Å². The summed E-state index contributed by atoms with van der Waals surface area (Å²) in [5.41, 5.74) is 5.13. The van der Waals surface area contributed by atoms with E-state index in [9.17, 15) is 12.8 Å². The molecule has 0 spiro atoms. The van der Waals surface area contributed by atoms with E-state index in [1.807, 2.05) is 6.07 Å². The van der Waals surface area contributed by atoms with Crippen molar-refractivity contribution in [2.45, 2.75) is 11.0 Å². The summed E-state index contributed by atoms with van der Waals surface area (Å²) >= 11 is 0. The fourth-order valence-electron chi connectivity index (χ4n) is 1.75. The van der Waals surface area contributed by atoms with E-state index in [4.69, 9.17) is 15.7 Å². The van der Waals surface area contributed by atoms with Gasteiger partial charge in [0.25, 0.3) is 0 Å². The predicted octanol–water partition coefficient (Wildman–Crippen LogP) is 0.321. The van der Waals surface area contributed by atoms with Gasteiger partial charge < -0.3 is 10.5 Å². The number of hydrogen-bond donors (Lipinski definition) is 1. The minimum Gasteiger partial charge on any atom is -0.396 e. The summed E-state index contributed by atoms with van der Waals surface area (Å²) in [6.07, 6.45) is -0.790. The van der Waals surface area contributed by atoms with E-state index in [2.05, 4.69) is 0 Å². The van der Waals surface area contributed by atoms with Crippen LogP contribution in [0.4, 0.5) is 10.1 Å². The zero-order valence-electron chi connectivity index (χ0n) is 9.91. The van der Waals surface area contributed by atoms with Crippen LogP contribution >= 0.6 is 0 Å². The van der Waals surface area contributed by atoms with Crippen LogP contribution in [0.15, 0.2) is 23.1 Å². The molecule has 0 amide bonds. The molecule has 1 aromatic carbocycles. The van der Waals surface area contributed by atoms with Gasteiger partial charge in [0.15, 0.2) is 6.10 Å². The number of morpholine rings is 1. The van der Waals surface area contributed by atoms with E-state index in [0.29, 0.717) is 0 Å². The molecule has 102 valence electrons. The molecular weight excluding hydrogens is 273 g/mol. The summed E-state index contributed by atoms with van der Waals surface area (Å²) in [4.78, 5) is -0.0926. The number of halogens is 1. The van der Waals surface area contributed by atoms with Crippen molar-refractivity contribution in [1.29, 1.82) is 5.26 Å². The Morgan fingerprint density at radius 3 is 2.89 bits per heavy atom. The Hall–Kier alpha value is -1.69. The summed E-state index contributed by atoms with van der Waals surface area (Å²) in [5, 5.41) is 8.76. The first-order valence-electron chi connectivity index (χ1n) is 5.51. The summed E-state index contributed by atoms with van der Waals surface area (Å²) in [6, 6.07) is 5.09. The van der Waals surface area contributed by atoms with E-state index < -0.39 is 21.9 Å². The van der Waals surface area contributed by atoms with E-state index in [1.54, 1.807) is 0 Å². The Bertz CT molecular complexity index is 627. The maximum absolute atomic E-state index is 13.0. The van der Waals surface area contributed by atoms with Gasteiger partial charge in [-0.25, -0.2) is 12.8 Å². The molecule has 6 nitrogen and oxygen atoms in total. The van der Waals surface area contributed by atoms with Crippen molar-refractivity contribution < 1.29 is 17.5 Å². The molecule has 0 saturated carbocycles. The fraction of sp³-hybridized carbons (Fsp3) is 0.364. The third kappa shape index (κ3) is 2.68. The van der Waals surface area contributed by atoms with Crippen molar-refractivity contribution in [2.75, 3.05) is 25.4 Å². The number of nitrogens with two attached hydrogens (primary N) is 1. The molecule has 1 aromatic rings. The summed E-state index contributed by atoms with van der Waals surface area (Å²) in [7, 11) is -3.79. The highest BCUT2D eigenvalue weighted by Crippen LogP contribution is 2.22. The van der Waals surface area contributed by atoms with Crippen molar-refractivity contribution in [3.63, 3.8) is 0 Å². The summed E-state index contributed by atoms with van der Waals surface area (Å²) < 4.78 is 43.9. The van der Waals surface area contributed by atoms with Crippen LogP contribution in [-0.4, -0.2) is 38.5 Å². The highest BCUT2D eigenvalue weighted by atomic mass is 32.2. The standard InChI is InChI=1S/C11H12FN3O3S/c12-10-2-1-9(5-11(10)14)19(16,17)15-3-4-18-8(6-13)7-15/h1-2,5,8H,3-4,7,14H2. The average Bonchev–Trinajstić information content (AvgIpc) is 2.41. The second-order valence-electron chi connectivity index (χ2n) is 4.03. The minimum atomic E-state index is -3.79. The maximum atomic E-state index is 13.0. The summed E-state index contributed by atoms with van der Waals surface area (Å²) in [6.45, 7) is 0.252. The van der Waals surface area contributed by atoms with Crippen molar-refractivity contribution in [3.05, 3.63) is 24.0 Å². The van der Waals surface area contributed by atoms with Crippen molar-refractivity contribution >= 4 is 15.7 Å². The molecule has 1 heterocycles. The van der Waals surface area contributed by atoms with E-state index in [-0.39, 0.29) is 30.3 Å². The van der Waals surface area contributed by atoms with Gasteiger partial charge in [0, 0.05) is 6.54 Å². The van der Waals surface area contributed by atoms with Gasteiger partial charge >= 0.3 is 0 Å². The second-order valence-corrected chi connectivity index (χ2v) is 5.97. The number of nitrogen functional groups attached to an aromatic ring is 1. The van der Waals surface area contributed by atoms with Crippen LogP contribution in [0.2, 0.25) is 0 Å². The lowest BCUT2D eigenvalue weighted by molar-refractivity contribution is 0.0311. The maximum Gasteiger partial charge on any atom is 0.243 e. The Balaban J connectivity index is 2.31. The monoisotopic (exact) mass is 285 g/mol. The van der Waals surface area contributed by atoms with E-state index >= 15 is 0 Å². The molecule has 8 heteroatoms. The Kier molecular flexibility index (Phi) is 3.71. The van der Waals surface area contributed by atoms with Gasteiger partial charge in [-0.15, -0.1) is 0 Å². The van der Waals surface area contributed by atoms with Crippen molar-refractivity contribution in [3.8, 4) is 6.07 Å². The average molecular weight is 285 g/mol.